The monoisotopic (exact) mass is 669 g/mol. The number of alkyl halides is 3. The average molecular weight is 670 g/mol. The molecule has 6 rings (SSSR count). The molecule has 256 valence electrons. The van der Waals surface area contributed by atoms with Gasteiger partial charge < -0.3 is 26.2 Å². The minimum atomic E-state index is -4.92. The molecule has 1 aliphatic heterocycles. The smallest absolute Gasteiger partial charge is 0.417 e. The third-order valence-corrected chi connectivity index (χ3v) is 10.6. The Balaban J connectivity index is 1.51. The number of benzene rings is 2. The highest BCUT2D eigenvalue weighted by Crippen LogP contribution is 2.55. The van der Waals surface area contributed by atoms with Crippen LogP contribution in [0.4, 0.5) is 13.2 Å². The van der Waals surface area contributed by atoms with E-state index < -0.39 is 105 Å². The molecule has 0 unspecified atom stereocenters. The summed E-state index contributed by atoms with van der Waals surface area (Å²) in [6.45, 7) is 4.89. The van der Waals surface area contributed by atoms with Gasteiger partial charge in [-0.05, 0) is 74.0 Å². The highest BCUT2D eigenvalue weighted by molar-refractivity contribution is 6.24. The summed E-state index contributed by atoms with van der Waals surface area (Å²) in [6.07, 6.45) is -4.64. The van der Waals surface area contributed by atoms with Crippen molar-refractivity contribution >= 4 is 17.5 Å². The number of ketones is 2. The Kier molecular flexibility index (Phi) is 8.45. The molecule has 1 heterocycles. The number of likely N-dealkylation sites (N-methyl/N-ethyl adjacent to an activating group) is 1. The molecule has 48 heavy (non-hydrogen) atoms. The van der Waals surface area contributed by atoms with Gasteiger partial charge in [0.1, 0.15) is 22.8 Å². The zero-order valence-corrected chi connectivity index (χ0v) is 26.5. The van der Waals surface area contributed by atoms with Crippen LogP contribution < -0.4 is 5.73 Å². The summed E-state index contributed by atoms with van der Waals surface area (Å²) < 4.78 is 45.5. The highest BCUT2D eigenvalue weighted by atomic mass is 19.4. The molecule has 1 saturated heterocycles. The van der Waals surface area contributed by atoms with E-state index in [9.17, 15) is 34.8 Å². The highest BCUT2D eigenvalue weighted by Gasteiger charge is 2.64. The first-order valence-electron chi connectivity index (χ1n) is 16.1. The molecule has 0 bridgehead atoms. The fourth-order valence-electron chi connectivity index (χ4n) is 8.58. The molecule has 13 heteroatoms. The van der Waals surface area contributed by atoms with E-state index >= 15 is 13.2 Å². The number of phenols is 1. The van der Waals surface area contributed by atoms with Crippen molar-refractivity contribution in [2.75, 3.05) is 19.6 Å². The van der Waals surface area contributed by atoms with Crippen LogP contribution >= 0.6 is 0 Å². The Labute approximate surface area is 274 Å². The van der Waals surface area contributed by atoms with Crippen LogP contribution in [0.1, 0.15) is 71.8 Å². The number of halogens is 3. The molecule has 1 fully saturated rings. The van der Waals surface area contributed by atoms with Gasteiger partial charge in [-0.2, -0.15) is 13.2 Å². The van der Waals surface area contributed by atoms with Crippen LogP contribution in [0, 0.1) is 11.8 Å². The molecular formula is C35H38F3N3O7. The minimum absolute atomic E-state index is 0.149. The number of nitrogens with two attached hydrogens (primary N) is 1. The van der Waals surface area contributed by atoms with Crippen molar-refractivity contribution in [1.82, 2.24) is 9.80 Å². The van der Waals surface area contributed by atoms with E-state index in [1.54, 1.807) is 18.7 Å². The van der Waals surface area contributed by atoms with E-state index in [-0.39, 0.29) is 25.1 Å². The number of primary amides is 1. The Morgan fingerprint density at radius 1 is 1.10 bits per heavy atom. The number of amides is 1. The summed E-state index contributed by atoms with van der Waals surface area (Å²) in [6, 6.07) is 8.35. The standard InChI is InChI=1S/C35H38F3N3O7/c1-3-40(4-2)28-21-14-18-13-20-25(29(43)24(18)31(45)34(21,48)32(46)26(30(28)44)33(39)47)23(42)15-19(27(20)35(36,37)38)22-11-8-12-41(22)16-17-9-6-5-7-10-17/h5-7,9-10,15,18,21-22,28,42,44-45,48H,3-4,8,11-14,16H2,1-2H3,(H2,39,47)/t18-,21-,22-,28-,34-/m0/s1. The van der Waals surface area contributed by atoms with E-state index in [4.69, 9.17) is 5.73 Å². The molecule has 0 radical (unpaired) electrons. The van der Waals surface area contributed by atoms with Gasteiger partial charge in [0, 0.05) is 24.1 Å². The number of phenolic OH excluding ortho intramolecular Hbond substituents is 1. The number of hydrogen-bond acceptors (Lipinski definition) is 9. The number of nitrogens with zero attached hydrogens (tertiary/aromatic N) is 2. The molecule has 5 atom stereocenters. The zero-order chi connectivity index (χ0) is 34.9. The van der Waals surface area contributed by atoms with Gasteiger partial charge in [0.25, 0.3) is 5.91 Å². The van der Waals surface area contributed by atoms with Crippen molar-refractivity contribution in [3.8, 4) is 5.75 Å². The third-order valence-electron chi connectivity index (χ3n) is 10.6. The third kappa shape index (κ3) is 5.01. The lowest BCUT2D eigenvalue weighted by atomic mass is 9.58. The average Bonchev–Trinajstić information content (AvgIpc) is 3.48. The number of fused-ring (bicyclic) bond motifs is 3. The van der Waals surface area contributed by atoms with E-state index in [1.165, 1.54) is 0 Å². The molecule has 0 spiro atoms. The SMILES string of the molecule is CCN(CC)[C@@H]1C(O)=C(C(N)=O)C(=O)[C@@]2(O)C(O)=C3C(=O)c4c(O)cc([C@@H]5CCCN5Cc5ccccc5)c(C(F)(F)F)c4C[C@H]3C[C@@H]12. The molecule has 2 aromatic rings. The summed E-state index contributed by atoms with van der Waals surface area (Å²) in [5.74, 6) is -8.91. The number of carbonyl (C=O) groups is 3. The Bertz CT molecular complexity index is 1750. The first-order valence-corrected chi connectivity index (χ1v) is 16.1. The van der Waals surface area contributed by atoms with Gasteiger partial charge in [0.05, 0.1) is 17.2 Å². The zero-order valence-electron chi connectivity index (χ0n) is 26.5. The number of hydrogen-bond donors (Lipinski definition) is 5. The maximum absolute atomic E-state index is 15.2. The summed E-state index contributed by atoms with van der Waals surface area (Å²) in [5, 5.41) is 45.9. The number of aliphatic hydroxyl groups is 3. The van der Waals surface area contributed by atoms with Crippen molar-refractivity contribution < 1.29 is 48.0 Å². The second-order valence-corrected chi connectivity index (χ2v) is 13.0. The maximum atomic E-state index is 15.2. The molecule has 3 aliphatic carbocycles. The lowest BCUT2D eigenvalue weighted by Gasteiger charge is -2.51. The molecule has 6 N–H and O–H groups in total. The van der Waals surface area contributed by atoms with E-state index in [1.807, 2.05) is 35.2 Å². The first kappa shape index (κ1) is 33.7. The summed E-state index contributed by atoms with van der Waals surface area (Å²) >= 11 is 0. The topological polar surface area (TPSA) is 165 Å². The fourth-order valence-corrected chi connectivity index (χ4v) is 8.58. The largest absolute Gasteiger partial charge is 0.510 e. The van der Waals surface area contributed by atoms with Crippen LogP contribution in [-0.4, -0.2) is 79.0 Å². The second kappa shape index (κ2) is 12.0. The van der Waals surface area contributed by atoms with Gasteiger partial charge in [-0.15, -0.1) is 0 Å². The Hall–Kier alpha value is -4.20. The lowest BCUT2D eigenvalue weighted by molar-refractivity contribution is -0.149. The first-order chi connectivity index (χ1) is 22.7. The fraction of sp³-hybridized carbons (Fsp3) is 0.457. The summed E-state index contributed by atoms with van der Waals surface area (Å²) in [4.78, 5) is 43.6. The number of aromatic hydroxyl groups is 1. The molecule has 4 aliphatic rings. The van der Waals surface area contributed by atoms with E-state index in [0.29, 0.717) is 25.9 Å². The van der Waals surface area contributed by atoms with Crippen molar-refractivity contribution in [1.29, 1.82) is 0 Å². The summed E-state index contributed by atoms with van der Waals surface area (Å²) in [5.41, 5.74) is -0.229. The van der Waals surface area contributed by atoms with Gasteiger partial charge in [-0.25, -0.2) is 0 Å². The number of rotatable bonds is 7. The predicted molar refractivity (Wildman–Crippen MR) is 167 cm³/mol. The normalized spacial score (nSPS) is 27.7. The minimum Gasteiger partial charge on any atom is -0.510 e. The molecule has 2 aromatic carbocycles. The number of aliphatic hydroxyl groups excluding tert-OH is 2. The van der Waals surface area contributed by atoms with Gasteiger partial charge in [-0.1, -0.05) is 44.2 Å². The van der Waals surface area contributed by atoms with Crippen molar-refractivity contribution in [2.45, 2.75) is 69.9 Å². The van der Waals surface area contributed by atoms with Crippen LogP contribution in [0.3, 0.4) is 0 Å². The van der Waals surface area contributed by atoms with E-state index in [2.05, 4.69) is 0 Å². The number of allylic oxidation sites excluding steroid dienone is 1. The van der Waals surface area contributed by atoms with Crippen LogP contribution in [0.25, 0.3) is 0 Å². The molecular weight excluding hydrogens is 631 g/mol. The van der Waals surface area contributed by atoms with Gasteiger partial charge in [-0.3, -0.25) is 24.2 Å². The van der Waals surface area contributed by atoms with Gasteiger partial charge in [0.15, 0.2) is 11.4 Å². The predicted octanol–water partition coefficient (Wildman–Crippen LogP) is 4.26. The van der Waals surface area contributed by atoms with E-state index in [0.717, 1.165) is 11.6 Å². The van der Waals surface area contributed by atoms with Gasteiger partial charge >= 0.3 is 6.18 Å². The van der Waals surface area contributed by atoms with Crippen LogP contribution in [0.5, 0.6) is 5.75 Å². The van der Waals surface area contributed by atoms with Crippen molar-refractivity contribution in [3.05, 3.63) is 86.9 Å². The molecule has 10 nitrogen and oxygen atoms in total. The van der Waals surface area contributed by atoms with Gasteiger partial charge in [0.2, 0.25) is 5.78 Å². The molecule has 0 aromatic heterocycles. The van der Waals surface area contributed by atoms with Crippen molar-refractivity contribution in [2.24, 2.45) is 17.6 Å². The number of Topliss-reactive ketones (excluding diaryl/α,β-unsaturated/α-hetero) is 2. The van der Waals surface area contributed by atoms with Crippen molar-refractivity contribution in [3.63, 3.8) is 0 Å². The molecule has 0 saturated carbocycles. The maximum Gasteiger partial charge on any atom is 0.417 e. The Morgan fingerprint density at radius 3 is 2.38 bits per heavy atom. The van der Waals surface area contributed by atoms with Crippen LogP contribution in [-0.2, 0) is 28.7 Å². The number of likely N-dealkylation sites (tertiary alicyclic amines) is 1. The molecule has 1 amide bonds. The lowest BCUT2D eigenvalue weighted by Crippen LogP contribution is -2.64. The summed E-state index contributed by atoms with van der Waals surface area (Å²) in [7, 11) is 0. The van der Waals surface area contributed by atoms with Crippen LogP contribution in [0.2, 0.25) is 0 Å². The Morgan fingerprint density at radius 2 is 1.77 bits per heavy atom. The second-order valence-electron chi connectivity index (χ2n) is 13.0. The number of carbonyl (C=O) groups excluding carboxylic acids is 3. The van der Waals surface area contributed by atoms with Crippen LogP contribution in [0.15, 0.2) is 59.1 Å². The quantitative estimate of drug-likeness (QED) is 0.271.